The number of carbonyl (C=O) groups is 2. The molecule has 1 saturated heterocycles. The van der Waals surface area contributed by atoms with E-state index < -0.39 is 0 Å². The lowest BCUT2D eigenvalue weighted by molar-refractivity contribution is -0.127. The largest absolute Gasteiger partial charge is 0.356 e. The van der Waals surface area contributed by atoms with Gasteiger partial charge in [-0.25, -0.2) is 4.39 Å². The lowest BCUT2D eigenvalue weighted by atomic mass is 9.95. The highest BCUT2D eigenvalue weighted by atomic mass is 19.1. The van der Waals surface area contributed by atoms with Crippen molar-refractivity contribution in [1.82, 2.24) is 15.5 Å². The average Bonchev–Trinajstić information content (AvgIpc) is 2.65. The van der Waals surface area contributed by atoms with Crippen LogP contribution in [0.15, 0.2) is 24.3 Å². The summed E-state index contributed by atoms with van der Waals surface area (Å²) in [5.41, 5.74) is 0.908. The van der Waals surface area contributed by atoms with Gasteiger partial charge in [-0.2, -0.15) is 0 Å². The standard InChI is InChI=1S/C21H32FN3O2/c1-4-11-23-21(27)17-9-12-25(13-10-17)14-19(26)24-20(15(2)3)16-5-7-18(22)8-6-16/h5-8,15,17,20H,4,9-14H2,1-3H3,(H,23,27)(H,24,26). The molecule has 1 unspecified atom stereocenters. The lowest BCUT2D eigenvalue weighted by Gasteiger charge is -2.31. The van der Waals surface area contributed by atoms with Crippen molar-refractivity contribution in [1.29, 1.82) is 0 Å². The monoisotopic (exact) mass is 377 g/mol. The highest BCUT2D eigenvalue weighted by molar-refractivity contribution is 5.79. The maximum Gasteiger partial charge on any atom is 0.234 e. The summed E-state index contributed by atoms with van der Waals surface area (Å²) >= 11 is 0. The number of halogens is 1. The van der Waals surface area contributed by atoms with Crippen LogP contribution in [0.3, 0.4) is 0 Å². The molecule has 0 aromatic heterocycles. The Hall–Kier alpha value is -1.95. The van der Waals surface area contributed by atoms with E-state index in [2.05, 4.69) is 15.5 Å². The van der Waals surface area contributed by atoms with Gasteiger partial charge >= 0.3 is 0 Å². The zero-order valence-electron chi connectivity index (χ0n) is 16.6. The van der Waals surface area contributed by atoms with Gasteiger partial charge in [0.1, 0.15) is 5.82 Å². The molecule has 27 heavy (non-hydrogen) atoms. The van der Waals surface area contributed by atoms with Crippen LogP contribution in [0.1, 0.15) is 51.6 Å². The number of rotatable bonds is 8. The third kappa shape index (κ3) is 6.61. The van der Waals surface area contributed by atoms with Crippen molar-refractivity contribution >= 4 is 11.8 Å². The summed E-state index contributed by atoms with van der Waals surface area (Å²) in [6.07, 6.45) is 2.51. The molecule has 2 amide bonds. The second-order valence-electron chi connectivity index (χ2n) is 7.68. The predicted molar refractivity (Wildman–Crippen MR) is 105 cm³/mol. The summed E-state index contributed by atoms with van der Waals surface area (Å²) in [6, 6.07) is 6.15. The summed E-state index contributed by atoms with van der Waals surface area (Å²) < 4.78 is 13.2. The second kappa shape index (κ2) is 10.4. The number of hydrogen-bond donors (Lipinski definition) is 2. The predicted octanol–water partition coefficient (Wildman–Crippen LogP) is 2.88. The first-order chi connectivity index (χ1) is 12.9. The molecule has 1 aromatic carbocycles. The van der Waals surface area contributed by atoms with Crippen LogP contribution in [-0.2, 0) is 9.59 Å². The summed E-state index contributed by atoms with van der Waals surface area (Å²) in [5, 5.41) is 6.03. The minimum absolute atomic E-state index is 0.0353. The summed E-state index contributed by atoms with van der Waals surface area (Å²) in [6.45, 7) is 8.66. The lowest BCUT2D eigenvalue weighted by Crippen LogP contribution is -2.45. The highest BCUT2D eigenvalue weighted by Crippen LogP contribution is 2.22. The highest BCUT2D eigenvalue weighted by Gasteiger charge is 2.26. The van der Waals surface area contributed by atoms with Gasteiger partial charge in [0.15, 0.2) is 0 Å². The van der Waals surface area contributed by atoms with Gasteiger partial charge in [-0.05, 0) is 56.0 Å². The van der Waals surface area contributed by atoms with E-state index in [1.54, 1.807) is 12.1 Å². The minimum atomic E-state index is -0.279. The Balaban J connectivity index is 1.82. The van der Waals surface area contributed by atoms with Crippen LogP contribution in [0, 0.1) is 17.7 Å². The van der Waals surface area contributed by atoms with E-state index in [0.29, 0.717) is 6.54 Å². The quantitative estimate of drug-likeness (QED) is 0.732. The number of likely N-dealkylation sites (tertiary alicyclic amines) is 1. The molecule has 0 aliphatic carbocycles. The fourth-order valence-corrected chi connectivity index (χ4v) is 3.47. The Labute approximate surface area is 161 Å². The van der Waals surface area contributed by atoms with Crippen LogP contribution in [0.2, 0.25) is 0 Å². The smallest absolute Gasteiger partial charge is 0.234 e. The Morgan fingerprint density at radius 2 is 1.81 bits per heavy atom. The average molecular weight is 378 g/mol. The van der Waals surface area contributed by atoms with Gasteiger partial charge in [0, 0.05) is 12.5 Å². The molecule has 1 aromatic rings. The van der Waals surface area contributed by atoms with Gasteiger partial charge in [0.2, 0.25) is 11.8 Å². The Morgan fingerprint density at radius 1 is 1.19 bits per heavy atom. The van der Waals surface area contributed by atoms with Crippen molar-refractivity contribution in [2.75, 3.05) is 26.2 Å². The van der Waals surface area contributed by atoms with E-state index >= 15 is 0 Å². The first kappa shape index (κ1) is 21.4. The van der Waals surface area contributed by atoms with Crippen LogP contribution in [-0.4, -0.2) is 42.9 Å². The van der Waals surface area contributed by atoms with Crippen LogP contribution in [0.25, 0.3) is 0 Å². The fraction of sp³-hybridized carbons (Fsp3) is 0.619. The molecule has 5 nitrogen and oxygen atoms in total. The molecular formula is C21H32FN3O2. The van der Waals surface area contributed by atoms with Crippen molar-refractivity contribution < 1.29 is 14.0 Å². The number of hydrogen-bond acceptors (Lipinski definition) is 3. The molecule has 1 aliphatic rings. The topological polar surface area (TPSA) is 61.4 Å². The molecule has 1 fully saturated rings. The van der Waals surface area contributed by atoms with Crippen molar-refractivity contribution in [3.8, 4) is 0 Å². The molecular weight excluding hydrogens is 345 g/mol. The summed E-state index contributed by atoms with van der Waals surface area (Å²) in [4.78, 5) is 26.7. The van der Waals surface area contributed by atoms with Crippen molar-refractivity contribution in [3.63, 3.8) is 0 Å². The molecule has 1 aliphatic heterocycles. The second-order valence-corrected chi connectivity index (χ2v) is 7.68. The number of nitrogens with zero attached hydrogens (tertiary/aromatic N) is 1. The van der Waals surface area contributed by atoms with Crippen LogP contribution < -0.4 is 10.6 Å². The molecule has 150 valence electrons. The van der Waals surface area contributed by atoms with E-state index in [-0.39, 0.29) is 35.5 Å². The van der Waals surface area contributed by atoms with E-state index in [1.807, 2.05) is 20.8 Å². The van der Waals surface area contributed by atoms with Gasteiger partial charge < -0.3 is 10.6 Å². The van der Waals surface area contributed by atoms with Crippen LogP contribution in [0.4, 0.5) is 4.39 Å². The van der Waals surface area contributed by atoms with Gasteiger partial charge in [0.05, 0.1) is 12.6 Å². The number of amides is 2. The van der Waals surface area contributed by atoms with Crippen LogP contribution in [0.5, 0.6) is 0 Å². The third-order valence-corrected chi connectivity index (χ3v) is 5.09. The number of nitrogens with one attached hydrogen (secondary N) is 2. The zero-order valence-corrected chi connectivity index (χ0v) is 16.6. The van der Waals surface area contributed by atoms with E-state index in [0.717, 1.165) is 44.5 Å². The maximum absolute atomic E-state index is 13.2. The van der Waals surface area contributed by atoms with E-state index in [1.165, 1.54) is 12.1 Å². The van der Waals surface area contributed by atoms with Gasteiger partial charge in [-0.1, -0.05) is 32.9 Å². The third-order valence-electron chi connectivity index (χ3n) is 5.09. The molecule has 2 N–H and O–H groups in total. The molecule has 0 radical (unpaired) electrons. The van der Waals surface area contributed by atoms with E-state index in [4.69, 9.17) is 0 Å². The van der Waals surface area contributed by atoms with Gasteiger partial charge in [-0.15, -0.1) is 0 Å². The van der Waals surface area contributed by atoms with Gasteiger partial charge in [0.25, 0.3) is 0 Å². The van der Waals surface area contributed by atoms with Crippen molar-refractivity contribution in [3.05, 3.63) is 35.6 Å². The fourth-order valence-electron chi connectivity index (χ4n) is 3.47. The normalized spacial score (nSPS) is 16.9. The molecule has 0 bridgehead atoms. The Morgan fingerprint density at radius 3 is 2.37 bits per heavy atom. The van der Waals surface area contributed by atoms with Crippen molar-refractivity contribution in [2.24, 2.45) is 11.8 Å². The van der Waals surface area contributed by atoms with E-state index in [9.17, 15) is 14.0 Å². The van der Waals surface area contributed by atoms with Gasteiger partial charge in [-0.3, -0.25) is 14.5 Å². The number of benzene rings is 1. The van der Waals surface area contributed by atoms with Crippen molar-refractivity contribution in [2.45, 2.75) is 46.1 Å². The molecule has 0 spiro atoms. The Bertz CT molecular complexity index is 610. The summed E-state index contributed by atoms with van der Waals surface area (Å²) in [5.74, 6) is 0.0772. The SMILES string of the molecule is CCCNC(=O)C1CCN(CC(=O)NC(c2ccc(F)cc2)C(C)C)CC1. The number of piperidine rings is 1. The van der Waals surface area contributed by atoms with Crippen LogP contribution >= 0.6 is 0 Å². The molecule has 1 heterocycles. The maximum atomic E-state index is 13.2. The first-order valence-electron chi connectivity index (χ1n) is 9.95. The minimum Gasteiger partial charge on any atom is -0.356 e. The molecule has 0 saturated carbocycles. The zero-order chi connectivity index (χ0) is 19.8. The summed E-state index contributed by atoms with van der Waals surface area (Å²) in [7, 11) is 0. The molecule has 2 rings (SSSR count). The first-order valence-corrected chi connectivity index (χ1v) is 9.95. The molecule has 6 heteroatoms. The number of carbonyl (C=O) groups excluding carboxylic acids is 2. The molecule has 1 atom stereocenters. The Kier molecular flexibility index (Phi) is 8.23.